The molecule has 1 aromatic carbocycles. The van der Waals surface area contributed by atoms with Crippen LogP contribution in [0.2, 0.25) is 0 Å². The molecule has 1 saturated heterocycles. The average molecular weight is 319 g/mol. The van der Waals surface area contributed by atoms with Gasteiger partial charge in [-0.2, -0.15) is 0 Å². The van der Waals surface area contributed by atoms with Gasteiger partial charge in [0.25, 0.3) is 0 Å². The van der Waals surface area contributed by atoms with E-state index in [0.29, 0.717) is 39.3 Å². The van der Waals surface area contributed by atoms with Crippen molar-refractivity contribution in [3.05, 3.63) is 29.3 Å². The van der Waals surface area contributed by atoms with Crippen molar-refractivity contribution in [2.45, 2.75) is 20.8 Å². The number of nitrogens with one attached hydrogen (secondary N) is 1. The van der Waals surface area contributed by atoms with Crippen LogP contribution < -0.4 is 10.1 Å². The van der Waals surface area contributed by atoms with E-state index < -0.39 is 0 Å². The predicted molar refractivity (Wildman–Crippen MR) is 88.6 cm³/mol. The van der Waals surface area contributed by atoms with Gasteiger partial charge < -0.3 is 19.9 Å². The number of amides is 3. The van der Waals surface area contributed by atoms with Gasteiger partial charge in [-0.3, -0.25) is 4.79 Å². The van der Waals surface area contributed by atoms with E-state index in [-0.39, 0.29) is 11.9 Å². The lowest BCUT2D eigenvalue weighted by molar-refractivity contribution is -0.130. The molecule has 0 atom stereocenters. The number of piperazine rings is 1. The standard InChI is InChI=1S/C17H25N3O3/c1-13-4-5-14(2)16(12-13)23-11-6-18-17(22)20-9-7-19(8-10-20)15(3)21/h4-5,12H,6-11H2,1-3H3,(H,18,22). The molecule has 3 amide bonds. The van der Waals surface area contributed by atoms with Crippen molar-refractivity contribution in [3.63, 3.8) is 0 Å². The Balaban J connectivity index is 1.69. The number of nitrogens with zero attached hydrogens (tertiary/aromatic N) is 2. The molecule has 23 heavy (non-hydrogen) atoms. The second-order valence-corrected chi connectivity index (χ2v) is 5.84. The number of ether oxygens (including phenoxy) is 1. The molecule has 1 heterocycles. The van der Waals surface area contributed by atoms with Crippen LogP contribution in [0.15, 0.2) is 18.2 Å². The van der Waals surface area contributed by atoms with Crippen LogP contribution in [0.3, 0.4) is 0 Å². The zero-order valence-electron chi connectivity index (χ0n) is 14.1. The zero-order valence-corrected chi connectivity index (χ0v) is 14.1. The van der Waals surface area contributed by atoms with Crippen molar-refractivity contribution in [1.29, 1.82) is 0 Å². The summed E-state index contributed by atoms with van der Waals surface area (Å²) in [7, 11) is 0. The SMILES string of the molecule is CC(=O)N1CCN(C(=O)NCCOc2cc(C)ccc2C)CC1. The number of urea groups is 1. The van der Waals surface area contributed by atoms with Crippen molar-refractivity contribution in [2.75, 3.05) is 39.3 Å². The van der Waals surface area contributed by atoms with Crippen LogP contribution in [-0.4, -0.2) is 61.1 Å². The van der Waals surface area contributed by atoms with Crippen LogP contribution >= 0.6 is 0 Å². The van der Waals surface area contributed by atoms with Crippen LogP contribution in [-0.2, 0) is 4.79 Å². The molecule has 1 aliphatic heterocycles. The van der Waals surface area contributed by atoms with E-state index in [9.17, 15) is 9.59 Å². The Morgan fingerprint density at radius 1 is 1.13 bits per heavy atom. The lowest BCUT2D eigenvalue weighted by Crippen LogP contribution is -2.53. The number of rotatable bonds is 4. The van der Waals surface area contributed by atoms with E-state index in [1.165, 1.54) is 0 Å². The molecule has 6 heteroatoms. The molecular formula is C17H25N3O3. The molecule has 1 aromatic rings. The van der Waals surface area contributed by atoms with E-state index in [2.05, 4.69) is 5.32 Å². The summed E-state index contributed by atoms with van der Waals surface area (Å²) in [6.07, 6.45) is 0. The molecule has 6 nitrogen and oxygen atoms in total. The van der Waals surface area contributed by atoms with Crippen molar-refractivity contribution >= 4 is 11.9 Å². The number of hydrogen-bond donors (Lipinski definition) is 1. The van der Waals surface area contributed by atoms with Crippen molar-refractivity contribution in [2.24, 2.45) is 0 Å². The second kappa shape index (κ2) is 7.85. The summed E-state index contributed by atoms with van der Waals surface area (Å²) in [6.45, 7) is 8.82. The summed E-state index contributed by atoms with van der Waals surface area (Å²) >= 11 is 0. The predicted octanol–water partition coefficient (Wildman–Crippen LogP) is 1.56. The third kappa shape index (κ3) is 4.87. The molecule has 0 aromatic heterocycles. The first kappa shape index (κ1) is 17.1. The minimum atomic E-state index is -0.0993. The van der Waals surface area contributed by atoms with Gasteiger partial charge in [0.1, 0.15) is 12.4 Å². The lowest BCUT2D eigenvalue weighted by Gasteiger charge is -2.34. The highest BCUT2D eigenvalue weighted by molar-refractivity contribution is 5.76. The van der Waals surface area contributed by atoms with Crippen LogP contribution in [0.5, 0.6) is 5.75 Å². The Labute approximate surface area is 137 Å². The van der Waals surface area contributed by atoms with E-state index in [1.54, 1.807) is 16.7 Å². The third-order valence-electron chi connectivity index (χ3n) is 3.99. The maximum Gasteiger partial charge on any atom is 0.317 e. The van der Waals surface area contributed by atoms with Gasteiger partial charge in [-0.25, -0.2) is 4.79 Å². The lowest BCUT2D eigenvalue weighted by atomic mass is 10.1. The Kier molecular flexibility index (Phi) is 5.84. The molecular weight excluding hydrogens is 294 g/mol. The summed E-state index contributed by atoms with van der Waals surface area (Å²) in [4.78, 5) is 26.8. The van der Waals surface area contributed by atoms with Gasteiger partial charge in [0.05, 0.1) is 6.54 Å². The Morgan fingerprint density at radius 3 is 2.43 bits per heavy atom. The molecule has 1 N–H and O–H groups in total. The topological polar surface area (TPSA) is 61.9 Å². The molecule has 0 unspecified atom stereocenters. The maximum atomic E-state index is 12.1. The van der Waals surface area contributed by atoms with Gasteiger partial charge in [0.15, 0.2) is 0 Å². The van der Waals surface area contributed by atoms with Crippen LogP contribution in [0.4, 0.5) is 4.79 Å². The molecule has 0 saturated carbocycles. The zero-order chi connectivity index (χ0) is 16.8. The van der Waals surface area contributed by atoms with Gasteiger partial charge in [0, 0.05) is 33.1 Å². The van der Waals surface area contributed by atoms with Crippen LogP contribution in [0.1, 0.15) is 18.1 Å². The summed E-state index contributed by atoms with van der Waals surface area (Å²) in [5, 5.41) is 2.86. The van der Waals surface area contributed by atoms with Gasteiger partial charge >= 0.3 is 6.03 Å². The minimum Gasteiger partial charge on any atom is -0.491 e. The van der Waals surface area contributed by atoms with E-state index >= 15 is 0 Å². The summed E-state index contributed by atoms with van der Waals surface area (Å²) in [5.41, 5.74) is 2.24. The smallest absolute Gasteiger partial charge is 0.317 e. The molecule has 2 rings (SSSR count). The summed E-state index contributed by atoms with van der Waals surface area (Å²) < 4.78 is 5.72. The second-order valence-electron chi connectivity index (χ2n) is 5.84. The molecule has 1 aliphatic rings. The normalized spacial score (nSPS) is 14.6. The van der Waals surface area contributed by atoms with E-state index in [1.807, 2.05) is 32.0 Å². The third-order valence-corrected chi connectivity index (χ3v) is 3.99. The monoisotopic (exact) mass is 319 g/mol. The van der Waals surface area contributed by atoms with Crippen LogP contribution in [0, 0.1) is 13.8 Å². The van der Waals surface area contributed by atoms with Crippen molar-refractivity contribution in [1.82, 2.24) is 15.1 Å². The number of hydrogen-bond acceptors (Lipinski definition) is 3. The Bertz CT molecular complexity index is 566. The number of carbonyl (C=O) groups is 2. The summed E-state index contributed by atoms with van der Waals surface area (Å²) in [6, 6.07) is 5.97. The van der Waals surface area contributed by atoms with Crippen molar-refractivity contribution in [3.8, 4) is 5.75 Å². The van der Waals surface area contributed by atoms with E-state index in [0.717, 1.165) is 16.9 Å². The summed E-state index contributed by atoms with van der Waals surface area (Å²) in [5.74, 6) is 0.918. The molecule has 1 fully saturated rings. The quantitative estimate of drug-likeness (QED) is 0.857. The fourth-order valence-electron chi connectivity index (χ4n) is 2.52. The number of aryl methyl sites for hydroxylation is 2. The molecule has 0 spiro atoms. The average Bonchev–Trinajstić information content (AvgIpc) is 2.54. The Morgan fingerprint density at radius 2 is 1.78 bits per heavy atom. The number of carbonyl (C=O) groups excluding carboxylic acids is 2. The number of benzene rings is 1. The first-order valence-corrected chi connectivity index (χ1v) is 7.95. The highest BCUT2D eigenvalue weighted by atomic mass is 16.5. The fourth-order valence-corrected chi connectivity index (χ4v) is 2.52. The Hall–Kier alpha value is -2.24. The largest absolute Gasteiger partial charge is 0.491 e. The molecule has 0 bridgehead atoms. The van der Waals surface area contributed by atoms with Gasteiger partial charge in [0.2, 0.25) is 5.91 Å². The minimum absolute atomic E-state index is 0.0620. The highest BCUT2D eigenvalue weighted by Crippen LogP contribution is 2.18. The molecule has 0 aliphatic carbocycles. The molecule has 126 valence electrons. The van der Waals surface area contributed by atoms with Gasteiger partial charge in [-0.05, 0) is 31.0 Å². The first-order chi connectivity index (χ1) is 11.0. The first-order valence-electron chi connectivity index (χ1n) is 7.95. The van der Waals surface area contributed by atoms with Gasteiger partial charge in [-0.1, -0.05) is 12.1 Å². The maximum absolute atomic E-state index is 12.1. The molecule has 0 radical (unpaired) electrons. The fraction of sp³-hybridized carbons (Fsp3) is 0.529. The van der Waals surface area contributed by atoms with Crippen molar-refractivity contribution < 1.29 is 14.3 Å². The van der Waals surface area contributed by atoms with E-state index in [4.69, 9.17) is 4.74 Å². The van der Waals surface area contributed by atoms with Gasteiger partial charge in [-0.15, -0.1) is 0 Å². The highest BCUT2D eigenvalue weighted by Gasteiger charge is 2.21. The van der Waals surface area contributed by atoms with Crippen LogP contribution in [0.25, 0.3) is 0 Å².